The normalized spacial score (nSPS) is 17.2. The monoisotopic (exact) mass is 320 g/mol. The first-order valence-corrected chi connectivity index (χ1v) is 7.42. The van der Waals surface area contributed by atoms with Gasteiger partial charge in [0.15, 0.2) is 6.61 Å². The van der Waals surface area contributed by atoms with Gasteiger partial charge in [0.1, 0.15) is 5.75 Å². The third kappa shape index (κ3) is 4.00. The molecule has 1 aliphatic heterocycles. The maximum Gasteiger partial charge on any atom is 0.341 e. The van der Waals surface area contributed by atoms with E-state index in [0.29, 0.717) is 24.5 Å². The van der Waals surface area contributed by atoms with Crippen LogP contribution in [0.5, 0.6) is 5.75 Å². The lowest BCUT2D eigenvalue weighted by Gasteiger charge is -2.21. The van der Waals surface area contributed by atoms with Gasteiger partial charge >= 0.3 is 5.97 Å². The molecule has 2 rings (SSSR count). The van der Waals surface area contributed by atoms with Gasteiger partial charge in [-0.05, 0) is 31.2 Å². The standard InChI is InChI=1S/C16H20N2O5/c1-3-18-9-11(8-14(18)19)16(22)17(2)12-4-6-13(7-5-12)23-10-15(20)21/h4-7,11H,3,8-10H2,1-2H3,(H,20,21). The molecule has 1 fully saturated rings. The molecule has 2 amide bonds. The molecule has 1 N–H and O–H groups in total. The number of benzene rings is 1. The van der Waals surface area contributed by atoms with E-state index in [1.165, 1.54) is 4.90 Å². The summed E-state index contributed by atoms with van der Waals surface area (Å²) in [5.41, 5.74) is 0.667. The third-order valence-electron chi connectivity index (χ3n) is 3.86. The van der Waals surface area contributed by atoms with Crippen LogP contribution in [0.15, 0.2) is 24.3 Å². The van der Waals surface area contributed by atoms with Crippen molar-refractivity contribution >= 4 is 23.5 Å². The Labute approximate surface area is 134 Å². The number of carboxylic acids is 1. The summed E-state index contributed by atoms with van der Waals surface area (Å²) in [5, 5.41) is 8.57. The van der Waals surface area contributed by atoms with Crippen LogP contribution >= 0.6 is 0 Å². The zero-order valence-electron chi connectivity index (χ0n) is 13.2. The van der Waals surface area contributed by atoms with E-state index < -0.39 is 12.6 Å². The summed E-state index contributed by atoms with van der Waals surface area (Å²) < 4.78 is 5.05. The summed E-state index contributed by atoms with van der Waals surface area (Å²) in [6.45, 7) is 2.55. The molecule has 7 heteroatoms. The molecule has 1 atom stereocenters. The van der Waals surface area contributed by atoms with Gasteiger partial charge < -0.3 is 19.6 Å². The molecule has 0 radical (unpaired) electrons. The quantitative estimate of drug-likeness (QED) is 0.844. The first-order valence-electron chi connectivity index (χ1n) is 7.42. The zero-order valence-corrected chi connectivity index (χ0v) is 13.2. The number of hydrogen-bond acceptors (Lipinski definition) is 4. The van der Waals surface area contributed by atoms with E-state index in [-0.39, 0.29) is 24.2 Å². The van der Waals surface area contributed by atoms with Crippen LogP contribution in [-0.4, -0.2) is 54.5 Å². The van der Waals surface area contributed by atoms with Crippen LogP contribution in [0.4, 0.5) is 5.69 Å². The lowest BCUT2D eigenvalue weighted by Crippen LogP contribution is -2.34. The number of ether oxygens (including phenoxy) is 1. The first-order chi connectivity index (χ1) is 10.9. The zero-order chi connectivity index (χ0) is 17.0. The van der Waals surface area contributed by atoms with Gasteiger partial charge in [0.25, 0.3) is 0 Å². The Morgan fingerprint density at radius 2 is 2.00 bits per heavy atom. The lowest BCUT2D eigenvalue weighted by atomic mass is 10.1. The van der Waals surface area contributed by atoms with Crippen LogP contribution in [0, 0.1) is 5.92 Å². The number of nitrogens with zero attached hydrogens (tertiary/aromatic N) is 2. The highest BCUT2D eigenvalue weighted by Gasteiger charge is 2.35. The topological polar surface area (TPSA) is 87.2 Å². The molecule has 1 aromatic carbocycles. The van der Waals surface area contributed by atoms with E-state index >= 15 is 0 Å². The highest BCUT2D eigenvalue weighted by atomic mass is 16.5. The van der Waals surface area contributed by atoms with Crippen LogP contribution in [0.3, 0.4) is 0 Å². The summed E-state index contributed by atoms with van der Waals surface area (Å²) in [5.74, 6) is -1.04. The summed E-state index contributed by atoms with van der Waals surface area (Å²) in [6, 6.07) is 6.59. The van der Waals surface area contributed by atoms with Crippen molar-refractivity contribution in [3.8, 4) is 5.75 Å². The predicted molar refractivity (Wildman–Crippen MR) is 83.3 cm³/mol. The molecule has 1 saturated heterocycles. The molecule has 23 heavy (non-hydrogen) atoms. The predicted octanol–water partition coefficient (Wildman–Crippen LogP) is 0.981. The van der Waals surface area contributed by atoms with Crippen LogP contribution < -0.4 is 9.64 Å². The highest BCUT2D eigenvalue weighted by Crippen LogP contribution is 2.24. The van der Waals surface area contributed by atoms with Gasteiger partial charge in [-0.3, -0.25) is 9.59 Å². The minimum atomic E-state index is -1.05. The lowest BCUT2D eigenvalue weighted by molar-refractivity contribution is -0.139. The Hall–Kier alpha value is -2.57. The average Bonchev–Trinajstić information content (AvgIpc) is 2.93. The van der Waals surface area contributed by atoms with E-state index in [4.69, 9.17) is 9.84 Å². The van der Waals surface area contributed by atoms with Crippen molar-refractivity contribution in [2.75, 3.05) is 31.6 Å². The number of carboxylic acid groups (broad SMARTS) is 1. The fourth-order valence-electron chi connectivity index (χ4n) is 2.56. The smallest absolute Gasteiger partial charge is 0.341 e. The fraction of sp³-hybridized carbons (Fsp3) is 0.438. The molecule has 1 aromatic rings. The van der Waals surface area contributed by atoms with Crippen LogP contribution in [0.1, 0.15) is 13.3 Å². The van der Waals surface area contributed by atoms with Gasteiger partial charge in [-0.2, -0.15) is 0 Å². The van der Waals surface area contributed by atoms with E-state index in [2.05, 4.69) is 0 Å². The van der Waals surface area contributed by atoms with Gasteiger partial charge in [-0.25, -0.2) is 4.79 Å². The summed E-state index contributed by atoms with van der Waals surface area (Å²) in [7, 11) is 1.66. The molecule has 1 unspecified atom stereocenters. The Morgan fingerprint density at radius 3 is 2.52 bits per heavy atom. The van der Waals surface area contributed by atoms with Gasteiger partial charge in [0.2, 0.25) is 11.8 Å². The van der Waals surface area contributed by atoms with Crippen LogP contribution in [0.25, 0.3) is 0 Å². The number of carbonyl (C=O) groups excluding carboxylic acids is 2. The second-order valence-corrected chi connectivity index (χ2v) is 5.41. The van der Waals surface area contributed by atoms with Gasteiger partial charge in [0.05, 0.1) is 5.92 Å². The molecule has 7 nitrogen and oxygen atoms in total. The van der Waals surface area contributed by atoms with E-state index in [0.717, 1.165) is 0 Å². The number of hydrogen-bond donors (Lipinski definition) is 1. The second kappa shape index (κ2) is 7.13. The van der Waals surface area contributed by atoms with Crippen molar-refractivity contribution in [2.45, 2.75) is 13.3 Å². The molecule has 0 saturated carbocycles. The first kappa shape index (κ1) is 16.8. The molecule has 0 aliphatic carbocycles. The summed E-state index contributed by atoms with van der Waals surface area (Å²) in [6.07, 6.45) is 0.247. The van der Waals surface area contributed by atoms with Crippen LogP contribution in [-0.2, 0) is 14.4 Å². The van der Waals surface area contributed by atoms with Gasteiger partial charge in [-0.1, -0.05) is 0 Å². The van der Waals surface area contributed by atoms with Gasteiger partial charge in [-0.15, -0.1) is 0 Å². The Kier molecular flexibility index (Phi) is 5.20. The largest absolute Gasteiger partial charge is 0.482 e. The number of carbonyl (C=O) groups is 3. The molecular formula is C16H20N2O5. The van der Waals surface area contributed by atoms with Crippen molar-refractivity contribution < 1.29 is 24.2 Å². The maximum atomic E-state index is 12.5. The van der Waals surface area contributed by atoms with E-state index in [9.17, 15) is 14.4 Å². The minimum Gasteiger partial charge on any atom is -0.482 e. The molecule has 1 aliphatic rings. The van der Waals surface area contributed by atoms with Crippen molar-refractivity contribution in [3.05, 3.63) is 24.3 Å². The maximum absolute atomic E-state index is 12.5. The third-order valence-corrected chi connectivity index (χ3v) is 3.86. The molecule has 124 valence electrons. The summed E-state index contributed by atoms with van der Waals surface area (Å²) in [4.78, 5) is 37.9. The molecule has 1 heterocycles. The number of rotatable bonds is 6. The van der Waals surface area contributed by atoms with E-state index in [1.54, 1.807) is 36.2 Å². The Bertz CT molecular complexity index is 599. The number of likely N-dealkylation sites (tertiary alicyclic amines) is 1. The van der Waals surface area contributed by atoms with Crippen molar-refractivity contribution in [1.29, 1.82) is 0 Å². The number of anilines is 1. The number of aliphatic carboxylic acids is 1. The fourth-order valence-corrected chi connectivity index (χ4v) is 2.56. The Balaban J connectivity index is 1.99. The molecule has 0 spiro atoms. The minimum absolute atomic E-state index is 0.0108. The van der Waals surface area contributed by atoms with E-state index in [1.807, 2.05) is 6.92 Å². The van der Waals surface area contributed by atoms with Crippen molar-refractivity contribution in [1.82, 2.24) is 4.90 Å². The van der Waals surface area contributed by atoms with Crippen LogP contribution in [0.2, 0.25) is 0 Å². The van der Waals surface area contributed by atoms with Crippen molar-refractivity contribution in [2.24, 2.45) is 5.92 Å². The average molecular weight is 320 g/mol. The van der Waals surface area contributed by atoms with Gasteiger partial charge in [0, 0.05) is 32.2 Å². The summed E-state index contributed by atoms with van der Waals surface area (Å²) >= 11 is 0. The number of amides is 2. The van der Waals surface area contributed by atoms with Crippen molar-refractivity contribution in [3.63, 3.8) is 0 Å². The SMILES string of the molecule is CCN1CC(C(=O)N(C)c2ccc(OCC(=O)O)cc2)CC1=O. The highest BCUT2D eigenvalue weighted by molar-refractivity contribution is 5.98. The molecular weight excluding hydrogens is 300 g/mol. The second-order valence-electron chi connectivity index (χ2n) is 5.41. The molecule has 0 aromatic heterocycles. The molecule has 0 bridgehead atoms. The Morgan fingerprint density at radius 1 is 1.35 bits per heavy atom.